The number of nitrogens with two attached hydrogens (primary N) is 2. The topological polar surface area (TPSA) is 142 Å². The molecule has 0 spiro atoms. The van der Waals surface area contributed by atoms with Crippen molar-refractivity contribution in [2.75, 3.05) is 12.3 Å². The summed E-state index contributed by atoms with van der Waals surface area (Å²) >= 11 is 1.05. The Morgan fingerprint density at radius 3 is 2.63 bits per heavy atom. The van der Waals surface area contributed by atoms with Crippen molar-refractivity contribution in [1.82, 2.24) is 14.9 Å². The molecule has 2 aromatic heterocycles. The van der Waals surface area contributed by atoms with E-state index in [4.69, 9.17) is 11.5 Å². The number of imide groups is 1. The van der Waals surface area contributed by atoms with E-state index < -0.39 is 36.1 Å². The SMILES string of the molecule is NC(=O)N1CC[C@@](Cc2cc3c(N)ncnc3s2)(OC(=O)C(F)(F)F)C1=O. The van der Waals surface area contributed by atoms with Crippen LogP contribution >= 0.6 is 11.3 Å². The Balaban J connectivity index is 1.99. The van der Waals surface area contributed by atoms with E-state index in [1.165, 1.54) is 12.4 Å². The van der Waals surface area contributed by atoms with Crippen molar-refractivity contribution >= 4 is 45.3 Å². The van der Waals surface area contributed by atoms with Gasteiger partial charge < -0.3 is 16.2 Å². The van der Waals surface area contributed by atoms with E-state index in [0.29, 0.717) is 20.0 Å². The number of rotatable bonds is 3. The molecule has 9 nitrogen and oxygen atoms in total. The summed E-state index contributed by atoms with van der Waals surface area (Å²) in [7, 11) is 0. The molecular formula is C14H12F3N5O4S. The first-order chi connectivity index (χ1) is 12.5. The number of alkyl halides is 3. The second kappa shape index (κ2) is 6.33. The summed E-state index contributed by atoms with van der Waals surface area (Å²) < 4.78 is 42.6. The van der Waals surface area contributed by atoms with Crippen LogP contribution in [0.25, 0.3) is 10.2 Å². The van der Waals surface area contributed by atoms with Gasteiger partial charge in [0, 0.05) is 24.3 Å². The number of urea groups is 1. The number of aromatic nitrogens is 2. The number of thiophene rings is 1. The largest absolute Gasteiger partial charge is 0.490 e. The van der Waals surface area contributed by atoms with Crippen LogP contribution in [0.2, 0.25) is 0 Å². The zero-order valence-electron chi connectivity index (χ0n) is 13.4. The Labute approximate surface area is 153 Å². The summed E-state index contributed by atoms with van der Waals surface area (Å²) in [6.07, 6.45) is -4.81. The molecule has 0 bridgehead atoms. The van der Waals surface area contributed by atoms with Gasteiger partial charge in [0.25, 0.3) is 5.91 Å². The fraction of sp³-hybridized carbons (Fsp3) is 0.357. The maximum absolute atomic E-state index is 12.7. The summed E-state index contributed by atoms with van der Waals surface area (Å²) in [5.74, 6) is -3.48. The number of amides is 3. The number of nitrogens with zero attached hydrogens (tertiary/aromatic N) is 3. The van der Waals surface area contributed by atoms with Crippen molar-refractivity contribution in [2.45, 2.75) is 24.6 Å². The number of hydrogen-bond acceptors (Lipinski definition) is 8. The second-order valence-corrected chi connectivity index (χ2v) is 6.91. The zero-order chi connectivity index (χ0) is 20.0. The molecule has 1 aliphatic rings. The molecule has 0 radical (unpaired) electrons. The van der Waals surface area contributed by atoms with Gasteiger partial charge in [0.15, 0.2) is 5.60 Å². The van der Waals surface area contributed by atoms with Crippen LogP contribution in [0.1, 0.15) is 11.3 Å². The smallest absolute Gasteiger partial charge is 0.442 e. The Bertz CT molecular complexity index is 946. The molecule has 1 saturated heterocycles. The number of halogens is 3. The molecule has 27 heavy (non-hydrogen) atoms. The molecule has 3 rings (SSSR count). The fourth-order valence-electron chi connectivity index (χ4n) is 2.78. The quantitative estimate of drug-likeness (QED) is 0.727. The third-order valence-electron chi connectivity index (χ3n) is 4.03. The predicted molar refractivity (Wildman–Crippen MR) is 86.3 cm³/mol. The number of primary amides is 1. The van der Waals surface area contributed by atoms with E-state index in [2.05, 4.69) is 14.7 Å². The molecule has 0 aliphatic carbocycles. The number of likely N-dealkylation sites (tertiary alicyclic amines) is 1. The molecule has 0 aromatic carbocycles. The average molecular weight is 403 g/mol. The minimum absolute atomic E-state index is 0.153. The lowest BCUT2D eigenvalue weighted by Gasteiger charge is -2.27. The van der Waals surface area contributed by atoms with Crippen LogP contribution in [0.5, 0.6) is 0 Å². The predicted octanol–water partition coefficient (Wildman–Crippen LogP) is 0.971. The van der Waals surface area contributed by atoms with Gasteiger partial charge in [-0.15, -0.1) is 11.3 Å². The zero-order valence-corrected chi connectivity index (χ0v) is 14.3. The molecule has 3 amide bonds. The monoisotopic (exact) mass is 403 g/mol. The van der Waals surface area contributed by atoms with Crippen LogP contribution in [0, 0.1) is 0 Å². The normalized spacial score (nSPS) is 20.3. The van der Waals surface area contributed by atoms with E-state index in [-0.39, 0.29) is 18.8 Å². The van der Waals surface area contributed by atoms with E-state index >= 15 is 0 Å². The van der Waals surface area contributed by atoms with Gasteiger partial charge in [-0.05, 0) is 6.07 Å². The molecular weight excluding hydrogens is 391 g/mol. The number of anilines is 1. The van der Waals surface area contributed by atoms with Crippen molar-refractivity contribution in [3.8, 4) is 0 Å². The molecule has 0 saturated carbocycles. The van der Waals surface area contributed by atoms with Crippen LogP contribution in [-0.2, 0) is 20.7 Å². The maximum atomic E-state index is 12.7. The number of nitrogen functional groups attached to an aromatic ring is 1. The highest BCUT2D eigenvalue weighted by molar-refractivity contribution is 7.18. The number of hydrogen-bond donors (Lipinski definition) is 2. The van der Waals surface area contributed by atoms with Crippen molar-refractivity contribution in [3.05, 3.63) is 17.3 Å². The van der Waals surface area contributed by atoms with Gasteiger partial charge >= 0.3 is 18.2 Å². The average Bonchev–Trinajstić information content (AvgIpc) is 3.10. The Hall–Kier alpha value is -2.96. The fourth-order valence-corrected chi connectivity index (χ4v) is 3.88. The second-order valence-electron chi connectivity index (χ2n) is 5.79. The van der Waals surface area contributed by atoms with Crippen LogP contribution in [0.3, 0.4) is 0 Å². The number of carbonyl (C=O) groups excluding carboxylic acids is 3. The number of carbonyl (C=O) groups is 3. The van der Waals surface area contributed by atoms with Crippen LogP contribution in [-0.4, -0.2) is 51.1 Å². The van der Waals surface area contributed by atoms with Crippen LogP contribution in [0.15, 0.2) is 12.4 Å². The van der Waals surface area contributed by atoms with Crippen molar-refractivity contribution in [1.29, 1.82) is 0 Å². The minimum atomic E-state index is -5.30. The van der Waals surface area contributed by atoms with Crippen molar-refractivity contribution in [3.63, 3.8) is 0 Å². The molecule has 3 heterocycles. The molecule has 144 valence electrons. The minimum Gasteiger partial charge on any atom is -0.442 e. The van der Waals surface area contributed by atoms with Gasteiger partial charge in [-0.2, -0.15) is 13.2 Å². The van der Waals surface area contributed by atoms with Gasteiger partial charge in [-0.1, -0.05) is 0 Å². The van der Waals surface area contributed by atoms with Gasteiger partial charge in [0.05, 0.1) is 5.39 Å². The molecule has 4 N–H and O–H groups in total. The molecule has 0 unspecified atom stereocenters. The van der Waals surface area contributed by atoms with Gasteiger partial charge in [0.1, 0.15) is 17.0 Å². The summed E-state index contributed by atoms with van der Waals surface area (Å²) in [5, 5.41) is 0.451. The van der Waals surface area contributed by atoms with Crippen molar-refractivity contribution < 1.29 is 32.3 Å². The van der Waals surface area contributed by atoms with Crippen molar-refractivity contribution in [2.24, 2.45) is 5.73 Å². The molecule has 1 atom stereocenters. The van der Waals surface area contributed by atoms with E-state index in [9.17, 15) is 27.6 Å². The highest BCUT2D eigenvalue weighted by Crippen LogP contribution is 2.37. The molecule has 1 aliphatic heterocycles. The van der Waals surface area contributed by atoms with Crippen LogP contribution in [0.4, 0.5) is 23.8 Å². The third-order valence-corrected chi connectivity index (χ3v) is 5.07. The van der Waals surface area contributed by atoms with Crippen LogP contribution < -0.4 is 11.5 Å². The maximum Gasteiger partial charge on any atom is 0.490 e. The highest BCUT2D eigenvalue weighted by atomic mass is 32.1. The first-order valence-electron chi connectivity index (χ1n) is 7.44. The number of fused-ring (bicyclic) bond motifs is 1. The summed E-state index contributed by atoms with van der Waals surface area (Å²) in [6, 6.07) is 0.356. The summed E-state index contributed by atoms with van der Waals surface area (Å²) in [4.78, 5) is 44.5. The Morgan fingerprint density at radius 1 is 1.37 bits per heavy atom. The molecule has 1 fully saturated rings. The standard InChI is InChI=1S/C14H12F3N5O4S/c15-14(16,17)11(24)26-13(1-2-22(10(13)23)12(19)25)4-6-3-7-8(18)20-5-21-9(7)27-6/h3,5H,1-2,4H2,(H2,19,25)(H2,18,20,21)/t13-/m0/s1. The Kier molecular flexibility index (Phi) is 4.41. The van der Waals surface area contributed by atoms with E-state index in [0.717, 1.165) is 11.3 Å². The summed E-state index contributed by atoms with van der Waals surface area (Å²) in [6.45, 7) is -0.272. The highest BCUT2D eigenvalue weighted by Gasteiger charge is 2.55. The first-order valence-corrected chi connectivity index (χ1v) is 8.25. The Morgan fingerprint density at radius 2 is 2.07 bits per heavy atom. The van der Waals surface area contributed by atoms with Gasteiger partial charge in [-0.25, -0.2) is 19.6 Å². The molecule has 2 aromatic rings. The lowest BCUT2D eigenvalue weighted by Crippen LogP contribution is -2.50. The summed E-state index contributed by atoms with van der Waals surface area (Å²) in [5.41, 5.74) is 8.59. The van der Waals surface area contributed by atoms with E-state index in [1.54, 1.807) is 0 Å². The lowest BCUT2D eigenvalue weighted by atomic mass is 9.96. The van der Waals surface area contributed by atoms with Gasteiger partial charge in [0.2, 0.25) is 0 Å². The lowest BCUT2D eigenvalue weighted by molar-refractivity contribution is -0.213. The third kappa shape index (κ3) is 3.37. The molecule has 13 heteroatoms. The number of esters is 1. The van der Waals surface area contributed by atoms with Gasteiger partial charge in [-0.3, -0.25) is 9.69 Å². The first kappa shape index (κ1) is 18.8. The van der Waals surface area contributed by atoms with E-state index in [1.807, 2.05) is 0 Å². The number of ether oxygens (including phenoxy) is 1.